The topological polar surface area (TPSA) is 63.9 Å². The molecule has 0 spiro atoms. The van der Waals surface area contributed by atoms with E-state index in [9.17, 15) is 4.39 Å². The Kier molecular flexibility index (Phi) is 6.28. The zero-order valence-electron chi connectivity index (χ0n) is 15.9. The molecule has 0 aliphatic carbocycles. The van der Waals surface area contributed by atoms with E-state index in [0.717, 1.165) is 18.1 Å². The molecule has 0 bridgehead atoms. The third-order valence-corrected chi connectivity index (χ3v) is 4.39. The Labute approximate surface area is 158 Å². The minimum atomic E-state index is -0.360. The molecular weight excluding hydrogens is 349 g/mol. The number of aryl methyl sites for hydroxylation is 1. The minimum absolute atomic E-state index is 0.0434. The number of hydrogen-bond donors (Lipinski definition) is 1. The van der Waals surface area contributed by atoms with Crippen LogP contribution in [-0.2, 0) is 11.8 Å². The van der Waals surface area contributed by atoms with Gasteiger partial charge in [-0.2, -0.15) is 5.10 Å². The molecule has 2 atom stereocenters. The number of hydrogen-bond acceptors (Lipinski definition) is 4. The molecule has 7 nitrogen and oxygen atoms in total. The number of aromatic nitrogens is 2. The molecule has 27 heavy (non-hydrogen) atoms. The summed E-state index contributed by atoms with van der Waals surface area (Å²) in [6.45, 7) is 4.45. The summed E-state index contributed by atoms with van der Waals surface area (Å²) in [6, 6.07) is 6.41. The highest BCUT2D eigenvalue weighted by molar-refractivity contribution is 5.80. The molecule has 3 rings (SSSR count). The van der Waals surface area contributed by atoms with Crippen molar-refractivity contribution in [1.29, 1.82) is 0 Å². The molecule has 1 aliphatic rings. The van der Waals surface area contributed by atoms with E-state index in [2.05, 4.69) is 20.3 Å². The Bertz CT molecular complexity index is 779. The largest absolute Gasteiger partial charge is 0.486 e. The molecule has 1 aliphatic heterocycles. The van der Waals surface area contributed by atoms with Gasteiger partial charge in [0.1, 0.15) is 12.2 Å². The van der Waals surface area contributed by atoms with Crippen LogP contribution in [0.1, 0.15) is 18.6 Å². The van der Waals surface area contributed by atoms with Gasteiger partial charge in [0.25, 0.3) is 0 Å². The molecule has 2 aromatic rings. The van der Waals surface area contributed by atoms with E-state index in [0.29, 0.717) is 19.7 Å². The van der Waals surface area contributed by atoms with Gasteiger partial charge in [0.05, 0.1) is 25.9 Å². The molecule has 1 saturated heterocycles. The fraction of sp³-hybridized carbons (Fsp3) is 0.474. The molecule has 146 valence electrons. The van der Waals surface area contributed by atoms with Gasteiger partial charge < -0.3 is 19.7 Å². The molecule has 1 N–H and O–H groups in total. The second-order valence-electron chi connectivity index (χ2n) is 6.54. The monoisotopic (exact) mass is 375 g/mol. The zero-order valence-corrected chi connectivity index (χ0v) is 15.9. The number of benzene rings is 1. The SMILES string of the molecule is CN=C(NCC(C)Oc1ccccc1F)N1CCOC(c2cnn(C)c2)C1. The Hall–Kier alpha value is -2.61. The van der Waals surface area contributed by atoms with Gasteiger partial charge in [0, 0.05) is 32.4 Å². The molecule has 1 fully saturated rings. The summed E-state index contributed by atoms with van der Waals surface area (Å²) < 4.78 is 27.0. The van der Waals surface area contributed by atoms with Crippen molar-refractivity contribution in [3.63, 3.8) is 0 Å². The average Bonchev–Trinajstić information content (AvgIpc) is 3.11. The summed E-state index contributed by atoms with van der Waals surface area (Å²) in [5.74, 6) is 0.669. The molecule has 1 aromatic heterocycles. The standard InChI is InChI=1S/C19H26FN5O2/c1-14(27-17-7-5-4-6-16(17)20)10-22-19(21-2)25-8-9-26-18(13-25)15-11-23-24(3)12-15/h4-7,11-12,14,18H,8-10,13H2,1-3H3,(H,21,22). The zero-order chi connectivity index (χ0) is 19.2. The van der Waals surface area contributed by atoms with Gasteiger partial charge in [-0.15, -0.1) is 0 Å². The second-order valence-corrected chi connectivity index (χ2v) is 6.54. The average molecular weight is 375 g/mol. The Morgan fingerprint density at radius 3 is 3.00 bits per heavy atom. The van der Waals surface area contributed by atoms with Gasteiger partial charge >= 0.3 is 0 Å². The van der Waals surface area contributed by atoms with Crippen molar-refractivity contribution in [3.05, 3.63) is 48.0 Å². The van der Waals surface area contributed by atoms with E-state index < -0.39 is 0 Å². The minimum Gasteiger partial charge on any atom is -0.486 e. The van der Waals surface area contributed by atoms with Crippen LogP contribution in [0.4, 0.5) is 4.39 Å². The van der Waals surface area contributed by atoms with Gasteiger partial charge in [-0.1, -0.05) is 12.1 Å². The Balaban J connectivity index is 1.54. The quantitative estimate of drug-likeness (QED) is 0.640. The first-order chi connectivity index (χ1) is 13.1. The summed E-state index contributed by atoms with van der Waals surface area (Å²) in [4.78, 5) is 6.52. The smallest absolute Gasteiger partial charge is 0.193 e. The Morgan fingerprint density at radius 2 is 2.30 bits per heavy atom. The lowest BCUT2D eigenvalue weighted by Gasteiger charge is -2.35. The van der Waals surface area contributed by atoms with Crippen LogP contribution >= 0.6 is 0 Å². The highest BCUT2D eigenvalue weighted by Gasteiger charge is 2.25. The molecule has 8 heteroatoms. The maximum Gasteiger partial charge on any atom is 0.193 e. The van der Waals surface area contributed by atoms with Crippen LogP contribution in [0, 0.1) is 5.82 Å². The third kappa shape index (κ3) is 4.97. The summed E-state index contributed by atoms with van der Waals surface area (Å²) in [7, 11) is 3.64. The van der Waals surface area contributed by atoms with Crippen LogP contribution in [0.3, 0.4) is 0 Å². The van der Waals surface area contributed by atoms with Crippen molar-refractivity contribution in [2.45, 2.75) is 19.1 Å². The summed E-state index contributed by atoms with van der Waals surface area (Å²) in [5.41, 5.74) is 1.05. The van der Waals surface area contributed by atoms with Crippen LogP contribution in [-0.4, -0.2) is 60.0 Å². The van der Waals surface area contributed by atoms with E-state index >= 15 is 0 Å². The number of halogens is 1. The molecule has 2 heterocycles. The molecule has 2 unspecified atom stereocenters. The van der Waals surface area contributed by atoms with Crippen molar-refractivity contribution in [3.8, 4) is 5.75 Å². The molecule has 0 saturated carbocycles. The van der Waals surface area contributed by atoms with Crippen LogP contribution in [0.2, 0.25) is 0 Å². The van der Waals surface area contributed by atoms with Crippen LogP contribution in [0.25, 0.3) is 0 Å². The van der Waals surface area contributed by atoms with Crippen molar-refractivity contribution in [2.24, 2.45) is 12.0 Å². The molecular formula is C19H26FN5O2. The molecule has 0 radical (unpaired) electrons. The van der Waals surface area contributed by atoms with Gasteiger partial charge in [0.2, 0.25) is 0 Å². The summed E-state index contributed by atoms with van der Waals surface area (Å²) in [6.07, 6.45) is 3.54. The fourth-order valence-electron chi connectivity index (χ4n) is 3.02. The van der Waals surface area contributed by atoms with E-state index in [-0.39, 0.29) is 23.8 Å². The predicted molar refractivity (Wildman–Crippen MR) is 101 cm³/mol. The maximum atomic E-state index is 13.7. The first kappa shape index (κ1) is 19.2. The number of nitrogens with zero attached hydrogens (tertiary/aromatic N) is 4. The number of para-hydroxylation sites is 1. The molecule has 1 aromatic carbocycles. The number of guanidine groups is 1. The van der Waals surface area contributed by atoms with Crippen LogP contribution in [0.5, 0.6) is 5.75 Å². The van der Waals surface area contributed by atoms with E-state index in [4.69, 9.17) is 9.47 Å². The lowest BCUT2D eigenvalue weighted by Crippen LogP contribution is -2.49. The van der Waals surface area contributed by atoms with Gasteiger partial charge in [-0.05, 0) is 19.1 Å². The maximum absolute atomic E-state index is 13.7. The van der Waals surface area contributed by atoms with Crippen molar-refractivity contribution in [1.82, 2.24) is 20.0 Å². The first-order valence-corrected chi connectivity index (χ1v) is 9.03. The molecule has 0 amide bonds. The lowest BCUT2D eigenvalue weighted by molar-refractivity contribution is -0.00815. The number of morpholine rings is 1. The highest BCUT2D eigenvalue weighted by atomic mass is 19.1. The number of aliphatic imine (C=N–C) groups is 1. The lowest BCUT2D eigenvalue weighted by atomic mass is 10.1. The third-order valence-electron chi connectivity index (χ3n) is 4.39. The van der Waals surface area contributed by atoms with Gasteiger partial charge in [-0.3, -0.25) is 9.67 Å². The van der Waals surface area contributed by atoms with Crippen molar-refractivity contribution < 1.29 is 13.9 Å². The van der Waals surface area contributed by atoms with Crippen molar-refractivity contribution in [2.75, 3.05) is 33.3 Å². The predicted octanol–water partition coefficient (Wildman–Crippen LogP) is 1.98. The summed E-state index contributed by atoms with van der Waals surface area (Å²) >= 11 is 0. The highest BCUT2D eigenvalue weighted by Crippen LogP contribution is 2.21. The van der Waals surface area contributed by atoms with E-state index in [1.807, 2.05) is 26.4 Å². The van der Waals surface area contributed by atoms with Crippen LogP contribution in [0.15, 0.2) is 41.7 Å². The Morgan fingerprint density at radius 1 is 1.48 bits per heavy atom. The van der Waals surface area contributed by atoms with Gasteiger partial charge in [-0.25, -0.2) is 4.39 Å². The summed E-state index contributed by atoms with van der Waals surface area (Å²) in [5, 5.41) is 7.52. The number of ether oxygens (including phenoxy) is 2. The normalized spacial score (nSPS) is 19.0. The van der Waals surface area contributed by atoms with E-state index in [1.165, 1.54) is 6.07 Å². The number of rotatable bonds is 5. The van der Waals surface area contributed by atoms with Crippen molar-refractivity contribution >= 4 is 5.96 Å². The van der Waals surface area contributed by atoms with Crippen LogP contribution < -0.4 is 10.1 Å². The first-order valence-electron chi connectivity index (χ1n) is 9.03. The second kappa shape index (κ2) is 8.85. The van der Waals surface area contributed by atoms with E-state index in [1.54, 1.807) is 29.9 Å². The van der Waals surface area contributed by atoms with Gasteiger partial charge in [0.15, 0.2) is 17.5 Å². The fourth-order valence-corrected chi connectivity index (χ4v) is 3.02. The number of nitrogens with one attached hydrogen (secondary N) is 1.